The molecule has 3 heteroatoms. The van der Waals surface area contributed by atoms with Crippen molar-refractivity contribution in [1.82, 2.24) is 5.32 Å². The SMILES string of the molecule is C[C@]12CCCC1CC(C(N)=O)N2. The molecule has 1 amide bonds. The van der Waals surface area contributed by atoms with Crippen LogP contribution in [0.25, 0.3) is 0 Å². The Kier molecular flexibility index (Phi) is 1.65. The lowest BCUT2D eigenvalue weighted by Gasteiger charge is -2.24. The van der Waals surface area contributed by atoms with Crippen LogP contribution in [0.15, 0.2) is 0 Å². The molecule has 0 radical (unpaired) electrons. The molecule has 3 N–H and O–H groups in total. The van der Waals surface area contributed by atoms with Crippen LogP contribution in [0.5, 0.6) is 0 Å². The first kappa shape index (κ1) is 8.05. The highest BCUT2D eigenvalue weighted by molar-refractivity contribution is 5.80. The van der Waals surface area contributed by atoms with Gasteiger partial charge >= 0.3 is 0 Å². The number of carbonyl (C=O) groups is 1. The fraction of sp³-hybridized carbons (Fsp3) is 0.889. The van der Waals surface area contributed by atoms with Crippen molar-refractivity contribution >= 4 is 5.91 Å². The number of amides is 1. The molecule has 1 aliphatic carbocycles. The summed E-state index contributed by atoms with van der Waals surface area (Å²) in [5, 5.41) is 3.35. The zero-order chi connectivity index (χ0) is 8.77. The number of carbonyl (C=O) groups excluding carboxylic acids is 1. The van der Waals surface area contributed by atoms with Crippen LogP contribution in [0.3, 0.4) is 0 Å². The zero-order valence-corrected chi connectivity index (χ0v) is 7.47. The van der Waals surface area contributed by atoms with Gasteiger partial charge in [0.25, 0.3) is 0 Å². The molecule has 2 aliphatic rings. The summed E-state index contributed by atoms with van der Waals surface area (Å²) in [4.78, 5) is 10.9. The number of fused-ring (bicyclic) bond motifs is 1. The van der Waals surface area contributed by atoms with Crippen molar-refractivity contribution < 1.29 is 4.79 Å². The maximum absolute atomic E-state index is 10.9. The average Bonchev–Trinajstić information content (AvgIpc) is 2.41. The third kappa shape index (κ3) is 1.04. The van der Waals surface area contributed by atoms with Crippen molar-refractivity contribution in [3.8, 4) is 0 Å². The largest absolute Gasteiger partial charge is 0.368 e. The Labute approximate surface area is 72.7 Å². The Morgan fingerprint density at radius 2 is 2.42 bits per heavy atom. The number of nitrogens with one attached hydrogen (secondary N) is 1. The van der Waals surface area contributed by atoms with Gasteiger partial charge in [-0.2, -0.15) is 0 Å². The summed E-state index contributed by atoms with van der Waals surface area (Å²) in [6, 6.07) is -0.0692. The van der Waals surface area contributed by atoms with E-state index in [0.717, 1.165) is 6.42 Å². The van der Waals surface area contributed by atoms with Gasteiger partial charge in [-0.1, -0.05) is 6.42 Å². The molecule has 3 nitrogen and oxygen atoms in total. The summed E-state index contributed by atoms with van der Waals surface area (Å²) in [5.41, 5.74) is 5.47. The molecule has 0 aromatic heterocycles. The van der Waals surface area contributed by atoms with Crippen LogP contribution in [0.2, 0.25) is 0 Å². The summed E-state index contributed by atoms with van der Waals surface area (Å²) in [6.45, 7) is 2.22. The van der Waals surface area contributed by atoms with Crippen molar-refractivity contribution in [3.63, 3.8) is 0 Å². The van der Waals surface area contributed by atoms with Gasteiger partial charge in [0.05, 0.1) is 6.04 Å². The lowest BCUT2D eigenvalue weighted by molar-refractivity contribution is -0.119. The van der Waals surface area contributed by atoms with Crippen LogP contribution in [0.4, 0.5) is 0 Å². The van der Waals surface area contributed by atoms with Gasteiger partial charge in [0.1, 0.15) is 0 Å². The van der Waals surface area contributed by atoms with Crippen LogP contribution in [-0.4, -0.2) is 17.5 Å². The molecule has 0 spiro atoms. The number of hydrogen-bond donors (Lipinski definition) is 2. The lowest BCUT2D eigenvalue weighted by atomic mass is 9.91. The van der Waals surface area contributed by atoms with Gasteiger partial charge in [0.15, 0.2) is 0 Å². The smallest absolute Gasteiger partial charge is 0.234 e. The molecule has 2 fully saturated rings. The van der Waals surface area contributed by atoms with E-state index in [1.165, 1.54) is 19.3 Å². The molecule has 1 saturated carbocycles. The van der Waals surface area contributed by atoms with Gasteiger partial charge in [0, 0.05) is 5.54 Å². The van der Waals surface area contributed by atoms with Crippen molar-refractivity contribution in [3.05, 3.63) is 0 Å². The lowest BCUT2D eigenvalue weighted by Crippen LogP contribution is -2.45. The van der Waals surface area contributed by atoms with Gasteiger partial charge in [-0.25, -0.2) is 0 Å². The fourth-order valence-corrected chi connectivity index (χ4v) is 2.74. The Morgan fingerprint density at radius 1 is 1.67 bits per heavy atom. The summed E-state index contributed by atoms with van der Waals surface area (Å²) in [6.07, 6.45) is 4.69. The normalized spacial score (nSPS) is 46.1. The molecule has 3 atom stereocenters. The Morgan fingerprint density at radius 3 is 3.00 bits per heavy atom. The van der Waals surface area contributed by atoms with Crippen LogP contribution >= 0.6 is 0 Å². The Bertz CT molecular complexity index is 217. The van der Waals surface area contributed by atoms with Crippen molar-refractivity contribution in [2.45, 2.75) is 44.2 Å². The molecule has 68 valence electrons. The topological polar surface area (TPSA) is 55.1 Å². The molecular weight excluding hydrogens is 152 g/mol. The molecule has 1 aliphatic heterocycles. The maximum Gasteiger partial charge on any atom is 0.234 e. The first-order valence-corrected chi connectivity index (χ1v) is 4.69. The van der Waals surface area contributed by atoms with Crippen LogP contribution < -0.4 is 11.1 Å². The van der Waals surface area contributed by atoms with Crippen molar-refractivity contribution in [2.24, 2.45) is 11.7 Å². The third-order valence-electron chi connectivity index (χ3n) is 3.52. The van der Waals surface area contributed by atoms with Crippen LogP contribution in [-0.2, 0) is 4.79 Å². The number of hydrogen-bond acceptors (Lipinski definition) is 2. The Hall–Kier alpha value is -0.570. The molecule has 0 bridgehead atoms. The van der Waals surface area contributed by atoms with Gasteiger partial charge < -0.3 is 11.1 Å². The van der Waals surface area contributed by atoms with E-state index in [-0.39, 0.29) is 17.5 Å². The monoisotopic (exact) mass is 168 g/mol. The summed E-state index contributed by atoms with van der Waals surface area (Å²) >= 11 is 0. The molecule has 1 heterocycles. The molecule has 1 saturated heterocycles. The minimum absolute atomic E-state index is 0.0692. The average molecular weight is 168 g/mol. The van der Waals surface area contributed by atoms with Crippen molar-refractivity contribution in [2.75, 3.05) is 0 Å². The van der Waals surface area contributed by atoms with Crippen LogP contribution in [0.1, 0.15) is 32.6 Å². The highest BCUT2D eigenvalue weighted by Gasteiger charge is 2.47. The molecule has 2 rings (SSSR count). The van der Waals surface area contributed by atoms with E-state index in [2.05, 4.69) is 12.2 Å². The van der Waals surface area contributed by atoms with Gasteiger partial charge in [-0.3, -0.25) is 4.79 Å². The maximum atomic E-state index is 10.9. The third-order valence-corrected chi connectivity index (χ3v) is 3.52. The summed E-state index contributed by atoms with van der Waals surface area (Å²) < 4.78 is 0. The minimum Gasteiger partial charge on any atom is -0.368 e. The second kappa shape index (κ2) is 2.46. The zero-order valence-electron chi connectivity index (χ0n) is 7.47. The summed E-state index contributed by atoms with van der Waals surface area (Å²) in [7, 11) is 0. The van der Waals surface area contributed by atoms with Gasteiger partial charge in [-0.15, -0.1) is 0 Å². The van der Waals surface area contributed by atoms with E-state index in [0.29, 0.717) is 5.92 Å². The van der Waals surface area contributed by atoms with E-state index in [9.17, 15) is 4.79 Å². The molecule has 12 heavy (non-hydrogen) atoms. The fourth-order valence-electron chi connectivity index (χ4n) is 2.74. The highest BCUT2D eigenvalue weighted by atomic mass is 16.1. The van der Waals surface area contributed by atoms with Crippen molar-refractivity contribution in [1.29, 1.82) is 0 Å². The first-order chi connectivity index (χ1) is 5.62. The standard InChI is InChI=1S/C9H16N2O/c1-9-4-2-3-6(9)5-7(11-9)8(10)12/h6-7,11H,2-5H2,1H3,(H2,10,12)/t6?,7?,9-/m0/s1. The van der Waals surface area contributed by atoms with E-state index in [1.807, 2.05) is 0 Å². The van der Waals surface area contributed by atoms with E-state index in [4.69, 9.17) is 5.73 Å². The van der Waals surface area contributed by atoms with E-state index >= 15 is 0 Å². The summed E-state index contributed by atoms with van der Waals surface area (Å²) in [5.74, 6) is 0.487. The first-order valence-electron chi connectivity index (χ1n) is 4.69. The predicted octanol–water partition coefficient (Wildman–Crippen LogP) is 0.392. The number of rotatable bonds is 1. The highest BCUT2D eigenvalue weighted by Crippen LogP contribution is 2.42. The quantitative estimate of drug-likeness (QED) is 0.595. The predicted molar refractivity (Wildman–Crippen MR) is 46.5 cm³/mol. The minimum atomic E-state index is -0.189. The van der Waals surface area contributed by atoms with Gasteiger partial charge in [-0.05, 0) is 32.1 Å². The number of nitrogens with two attached hydrogens (primary N) is 1. The molecular formula is C9H16N2O. The second-order valence-corrected chi connectivity index (χ2v) is 4.34. The number of primary amides is 1. The Balaban J connectivity index is 2.11. The van der Waals surface area contributed by atoms with Gasteiger partial charge in [0.2, 0.25) is 5.91 Å². The van der Waals surface area contributed by atoms with Crippen LogP contribution in [0, 0.1) is 5.92 Å². The molecule has 0 aromatic carbocycles. The second-order valence-electron chi connectivity index (χ2n) is 4.34. The molecule has 2 unspecified atom stereocenters. The van der Waals surface area contributed by atoms with E-state index < -0.39 is 0 Å². The van der Waals surface area contributed by atoms with E-state index in [1.54, 1.807) is 0 Å². The molecule has 0 aromatic rings.